The van der Waals surface area contributed by atoms with Crippen LogP contribution in [0.1, 0.15) is 20.3 Å². The van der Waals surface area contributed by atoms with Gasteiger partial charge in [-0.3, -0.25) is 9.59 Å². The van der Waals surface area contributed by atoms with Crippen molar-refractivity contribution in [3.8, 4) is 5.75 Å². The second kappa shape index (κ2) is 6.79. The van der Waals surface area contributed by atoms with E-state index in [1.165, 1.54) is 4.90 Å². The van der Waals surface area contributed by atoms with Crippen molar-refractivity contribution in [2.45, 2.75) is 38.5 Å². The molecule has 142 valence electrons. The third kappa shape index (κ3) is 3.77. The molecule has 2 aliphatic rings. The van der Waals surface area contributed by atoms with Gasteiger partial charge >= 0.3 is 0 Å². The lowest BCUT2D eigenvalue weighted by atomic mass is 10.1. The molecule has 3 atom stereocenters. The summed E-state index contributed by atoms with van der Waals surface area (Å²) in [7, 11) is -1.41. The Bertz CT molecular complexity index is 839. The maximum Gasteiger partial charge on any atom is 0.265 e. The average Bonchev–Trinajstić information content (AvgIpc) is 2.94. The molecule has 0 aliphatic carbocycles. The fourth-order valence-electron chi connectivity index (χ4n) is 3.18. The van der Waals surface area contributed by atoms with Crippen molar-refractivity contribution in [2.75, 3.05) is 29.2 Å². The third-order valence-electron chi connectivity index (χ3n) is 4.77. The van der Waals surface area contributed by atoms with Gasteiger partial charge in [-0.1, -0.05) is 0 Å². The number of sulfone groups is 1. The first-order valence-corrected chi connectivity index (χ1v) is 10.3. The van der Waals surface area contributed by atoms with Crippen LogP contribution in [-0.2, 0) is 19.4 Å². The zero-order chi connectivity index (χ0) is 19.1. The highest BCUT2D eigenvalue weighted by atomic mass is 32.2. The molecule has 1 aromatic rings. The van der Waals surface area contributed by atoms with Gasteiger partial charge in [0.2, 0.25) is 5.91 Å². The standard InChI is InChI=1S/C17H23N3O5S/c1-10(17(22)20(3)13-6-7-26(23,24)9-13)18-12-4-5-15-14(8-12)19-16(21)11(2)25-15/h4-5,8,10-11,13,18H,6-7,9H2,1-3H3,(H,19,21)/t10-,11+,13+/m0/s1. The minimum atomic E-state index is -3.05. The van der Waals surface area contributed by atoms with E-state index in [0.717, 1.165) is 0 Å². The molecule has 0 radical (unpaired) electrons. The van der Waals surface area contributed by atoms with Crippen molar-refractivity contribution in [1.29, 1.82) is 0 Å². The summed E-state index contributed by atoms with van der Waals surface area (Å²) >= 11 is 0. The number of carbonyl (C=O) groups excluding carboxylic acids is 2. The maximum absolute atomic E-state index is 12.6. The zero-order valence-electron chi connectivity index (χ0n) is 15.0. The van der Waals surface area contributed by atoms with Crippen LogP contribution in [0.25, 0.3) is 0 Å². The lowest BCUT2D eigenvalue weighted by Crippen LogP contribution is -2.45. The molecule has 1 saturated heterocycles. The Balaban J connectivity index is 1.66. The number of nitrogens with one attached hydrogen (secondary N) is 2. The van der Waals surface area contributed by atoms with Crippen LogP contribution in [0.2, 0.25) is 0 Å². The highest BCUT2D eigenvalue weighted by molar-refractivity contribution is 7.91. The van der Waals surface area contributed by atoms with Gasteiger partial charge in [-0.15, -0.1) is 0 Å². The molecule has 1 aromatic carbocycles. The number of fused-ring (bicyclic) bond motifs is 1. The zero-order valence-corrected chi connectivity index (χ0v) is 15.8. The fourth-order valence-corrected chi connectivity index (χ4v) is 4.95. The Hall–Kier alpha value is -2.29. The van der Waals surface area contributed by atoms with Gasteiger partial charge in [0.1, 0.15) is 11.8 Å². The number of benzene rings is 1. The van der Waals surface area contributed by atoms with E-state index in [4.69, 9.17) is 4.74 Å². The van der Waals surface area contributed by atoms with Gasteiger partial charge in [0.15, 0.2) is 15.9 Å². The number of hydrogen-bond acceptors (Lipinski definition) is 6. The van der Waals surface area contributed by atoms with Crippen molar-refractivity contribution in [3.05, 3.63) is 18.2 Å². The molecule has 0 saturated carbocycles. The van der Waals surface area contributed by atoms with Gasteiger partial charge in [0.05, 0.1) is 17.2 Å². The Morgan fingerprint density at radius 3 is 2.81 bits per heavy atom. The Morgan fingerprint density at radius 2 is 2.15 bits per heavy atom. The monoisotopic (exact) mass is 381 g/mol. The summed E-state index contributed by atoms with van der Waals surface area (Å²) in [5.41, 5.74) is 1.21. The SMILES string of the molecule is C[C@H](Nc1ccc2c(c1)NC(=O)[C@@H](C)O2)C(=O)N(C)[C@@H]1CCS(=O)(=O)C1. The summed E-state index contributed by atoms with van der Waals surface area (Å²) in [4.78, 5) is 25.8. The molecule has 2 amide bonds. The van der Waals surface area contributed by atoms with E-state index in [1.54, 1.807) is 39.1 Å². The van der Waals surface area contributed by atoms with Crippen LogP contribution in [-0.4, -0.2) is 61.9 Å². The molecular weight excluding hydrogens is 358 g/mol. The van der Waals surface area contributed by atoms with E-state index in [9.17, 15) is 18.0 Å². The van der Waals surface area contributed by atoms with Gasteiger partial charge in [-0.25, -0.2) is 8.42 Å². The van der Waals surface area contributed by atoms with Crippen molar-refractivity contribution in [2.24, 2.45) is 0 Å². The summed E-state index contributed by atoms with van der Waals surface area (Å²) in [6.45, 7) is 3.39. The number of rotatable bonds is 4. The van der Waals surface area contributed by atoms with Crippen LogP contribution in [0.4, 0.5) is 11.4 Å². The Labute approximate surface area is 152 Å². The van der Waals surface area contributed by atoms with Crippen LogP contribution in [0.5, 0.6) is 5.75 Å². The molecule has 2 heterocycles. The van der Waals surface area contributed by atoms with E-state index in [1.807, 2.05) is 0 Å². The molecule has 3 rings (SSSR count). The second-order valence-electron chi connectivity index (χ2n) is 6.83. The van der Waals surface area contributed by atoms with Gasteiger partial charge < -0.3 is 20.3 Å². The fraction of sp³-hybridized carbons (Fsp3) is 0.529. The number of hydrogen-bond donors (Lipinski definition) is 2. The van der Waals surface area contributed by atoms with Crippen molar-refractivity contribution in [3.63, 3.8) is 0 Å². The van der Waals surface area contributed by atoms with Gasteiger partial charge in [0, 0.05) is 18.8 Å². The summed E-state index contributed by atoms with van der Waals surface area (Å²) < 4.78 is 28.7. The van der Waals surface area contributed by atoms with Crippen LogP contribution < -0.4 is 15.4 Å². The predicted molar refractivity (Wildman–Crippen MR) is 98.1 cm³/mol. The molecule has 26 heavy (non-hydrogen) atoms. The number of likely N-dealkylation sites (N-methyl/N-ethyl adjacent to an activating group) is 1. The summed E-state index contributed by atoms with van der Waals surface area (Å²) in [6.07, 6.45) is -0.0734. The highest BCUT2D eigenvalue weighted by Gasteiger charge is 2.34. The molecule has 0 spiro atoms. The van der Waals surface area contributed by atoms with Crippen LogP contribution in [0.15, 0.2) is 18.2 Å². The van der Waals surface area contributed by atoms with E-state index >= 15 is 0 Å². The summed E-state index contributed by atoms with van der Waals surface area (Å²) in [5, 5.41) is 5.86. The summed E-state index contributed by atoms with van der Waals surface area (Å²) in [5.74, 6) is 0.317. The molecule has 0 aromatic heterocycles. The first-order valence-electron chi connectivity index (χ1n) is 8.51. The Kier molecular flexibility index (Phi) is 4.83. The molecule has 2 aliphatic heterocycles. The van der Waals surface area contributed by atoms with Gasteiger partial charge in [-0.05, 0) is 38.5 Å². The normalized spacial score (nSPS) is 24.8. The van der Waals surface area contributed by atoms with E-state index in [-0.39, 0.29) is 29.4 Å². The van der Waals surface area contributed by atoms with Gasteiger partial charge in [-0.2, -0.15) is 0 Å². The Morgan fingerprint density at radius 1 is 1.42 bits per heavy atom. The molecule has 1 fully saturated rings. The molecule has 8 nitrogen and oxygen atoms in total. The van der Waals surface area contributed by atoms with E-state index in [2.05, 4.69) is 10.6 Å². The number of amides is 2. The average molecular weight is 381 g/mol. The third-order valence-corrected chi connectivity index (χ3v) is 6.52. The number of ether oxygens (including phenoxy) is 1. The lowest BCUT2D eigenvalue weighted by molar-refractivity contribution is -0.132. The molecule has 2 N–H and O–H groups in total. The quantitative estimate of drug-likeness (QED) is 0.801. The largest absolute Gasteiger partial charge is 0.479 e. The lowest BCUT2D eigenvalue weighted by Gasteiger charge is -2.28. The van der Waals surface area contributed by atoms with Crippen LogP contribution >= 0.6 is 0 Å². The highest BCUT2D eigenvalue weighted by Crippen LogP contribution is 2.32. The predicted octanol–water partition coefficient (Wildman–Crippen LogP) is 0.852. The summed E-state index contributed by atoms with van der Waals surface area (Å²) in [6, 6.07) is 4.39. The first-order chi connectivity index (χ1) is 12.2. The smallest absolute Gasteiger partial charge is 0.265 e. The topological polar surface area (TPSA) is 105 Å². The minimum Gasteiger partial charge on any atom is -0.479 e. The molecule has 0 unspecified atom stereocenters. The van der Waals surface area contributed by atoms with E-state index < -0.39 is 22.0 Å². The molecular formula is C17H23N3O5S. The number of anilines is 2. The number of nitrogens with zero attached hydrogens (tertiary/aromatic N) is 1. The van der Waals surface area contributed by atoms with E-state index in [0.29, 0.717) is 23.5 Å². The van der Waals surface area contributed by atoms with Crippen molar-refractivity contribution < 1.29 is 22.7 Å². The molecule has 0 bridgehead atoms. The van der Waals surface area contributed by atoms with Crippen LogP contribution in [0.3, 0.4) is 0 Å². The first kappa shape index (κ1) is 18.5. The van der Waals surface area contributed by atoms with Gasteiger partial charge in [0.25, 0.3) is 5.91 Å². The minimum absolute atomic E-state index is 0.0162. The number of carbonyl (C=O) groups is 2. The van der Waals surface area contributed by atoms with Crippen molar-refractivity contribution >= 4 is 33.0 Å². The van der Waals surface area contributed by atoms with Crippen molar-refractivity contribution in [1.82, 2.24) is 4.90 Å². The van der Waals surface area contributed by atoms with Crippen LogP contribution in [0, 0.1) is 0 Å². The maximum atomic E-state index is 12.6. The molecule has 9 heteroatoms. The second-order valence-corrected chi connectivity index (χ2v) is 9.06.